The minimum atomic E-state index is -1.05. The standard InChI is InChI=1S/C8H16N2O4S2.ClH/c1-2-10-6(8(13)14)4-16-15-3-5(9)7(11)12;/h5-6,10H,2-4,9H2,1H3,(H,11,12)(H,13,14);1H/t5?,6-;/m0./s1. The van der Waals surface area contributed by atoms with Crippen molar-refractivity contribution in [2.24, 2.45) is 5.73 Å². The maximum absolute atomic E-state index is 10.7. The van der Waals surface area contributed by atoms with Crippen LogP contribution in [0.1, 0.15) is 6.92 Å². The van der Waals surface area contributed by atoms with Gasteiger partial charge in [0.05, 0.1) is 0 Å². The molecule has 0 aliphatic rings. The minimum absolute atomic E-state index is 0. The van der Waals surface area contributed by atoms with Gasteiger partial charge >= 0.3 is 11.9 Å². The maximum Gasteiger partial charge on any atom is 0.321 e. The summed E-state index contributed by atoms with van der Waals surface area (Å²) in [5.41, 5.74) is 5.29. The van der Waals surface area contributed by atoms with E-state index in [1.54, 1.807) is 0 Å². The molecule has 0 radical (unpaired) electrons. The predicted octanol–water partition coefficient (Wildman–Crippen LogP) is 0.264. The van der Waals surface area contributed by atoms with Gasteiger partial charge < -0.3 is 21.3 Å². The molecule has 0 amide bonds. The fourth-order valence-corrected chi connectivity index (χ4v) is 3.08. The number of carbonyl (C=O) groups is 2. The lowest BCUT2D eigenvalue weighted by molar-refractivity contribution is -0.139. The van der Waals surface area contributed by atoms with E-state index in [1.165, 1.54) is 21.6 Å². The monoisotopic (exact) mass is 304 g/mol. The molecule has 0 aromatic heterocycles. The quantitative estimate of drug-likeness (QED) is 0.354. The number of hydrogen-bond donors (Lipinski definition) is 4. The van der Waals surface area contributed by atoms with E-state index in [-0.39, 0.29) is 18.2 Å². The number of hydrogen-bond acceptors (Lipinski definition) is 6. The van der Waals surface area contributed by atoms with Crippen LogP contribution in [0, 0.1) is 0 Å². The molecule has 0 bridgehead atoms. The van der Waals surface area contributed by atoms with Gasteiger partial charge in [-0.2, -0.15) is 0 Å². The molecule has 1 unspecified atom stereocenters. The summed E-state index contributed by atoms with van der Waals surface area (Å²) >= 11 is 0. The van der Waals surface area contributed by atoms with Crippen molar-refractivity contribution in [1.82, 2.24) is 5.32 Å². The summed E-state index contributed by atoms with van der Waals surface area (Å²) in [4.78, 5) is 21.1. The molecule has 5 N–H and O–H groups in total. The lowest BCUT2D eigenvalue weighted by Crippen LogP contribution is -2.38. The van der Waals surface area contributed by atoms with Gasteiger partial charge in [-0.25, -0.2) is 0 Å². The Morgan fingerprint density at radius 1 is 1.24 bits per heavy atom. The van der Waals surface area contributed by atoms with Crippen molar-refractivity contribution in [1.29, 1.82) is 0 Å². The predicted molar refractivity (Wildman–Crippen MR) is 72.9 cm³/mol. The zero-order chi connectivity index (χ0) is 12.6. The number of likely N-dealkylation sites (N-methyl/N-ethyl adjacent to an activating group) is 1. The summed E-state index contributed by atoms with van der Waals surface area (Å²) in [6.45, 7) is 2.41. The number of carboxylic acid groups (broad SMARTS) is 2. The van der Waals surface area contributed by atoms with E-state index in [2.05, 4.69) is 5.32 Å². The smallest absolute Gasteiger partial charge is 0.321 e. The highest BCUT2D eigenvalue weighted by Gasteiger charge is 2.17. The van der Waals surface area contributed by atoms with E-state index in [4.69, 9.17) is 15.9 Å². The molecule has 0 heterocycles. The molecule has 0 rings (SSSR count). The minimum Gasteiger partial charge on any atom is -0.480 e. The Balaban J connectivity index is 0. The van der Waals surface area contributed by atoms with Crippen molar-refractivity contribution in [3.63, 3.8) is 0 Å². The van der Waals surface area contributed by atoms with Crippen LogP contribution in [0.25, 0.3) is 0 Å². The van der Waals surface area contributed by atoms with E-state index in [0.29, 0.717) is 12.3 Å². The molecule has 102 valence electrons. The third-order valence-electron chi connectivity index (χ3n) is 1.63. The Labute approximate surface area is 114 Å². The molecular formula is C8H17ClN2O4S2. The van der Waals surface area contributed by atoms with E-state index < -0.39 is 24.0 Å². The van der Waals surface area contributed by atoms with Crippen LogP contribution in [-0.2, 0) is 9.59 Å². The van der Waals surface area contributed by atoms with Crippen molar-refractivity contribution in [2.45, 2.75) is 19.0 Å². The average Bonchev–Trinajstić information content (AvgIpc) is 2.21. The molecule has 0 saturated carbocycles. The lowest BCUT2D eigenvalue weighted by Gasteiger charge is -2.12. The first-order valence-electron chi connectivity index (χ1n) is 4.68. The second-order valence-electron chi connectivity index (χ2n) is 2.96. The number of rotatable bonds is 9. The van der Waals surface area contributed by atoms with E-state index in [0.717, 1.165) is 0 Å². The normalized spacial score (nSPS) is 13.5. The lowest BCUT2D eigenvalue weighted by atomic mass is 10.3. The van der Waals surface area contributed by atoms with Crippen LogP contribution in [0.2, 0.25) is 0 Å². The Morgan fingerprint density at radius 2 is 1.76 bits per heavy atom. The third-order valence-corrected chi connectivity index (χ3v) is 4.08. The molecule has 0 aromatic carbocycles. The second kappa shape index (κ2) is 11.0. The number of halogens is 1. The highest BCUT2D eigenvalue weighted by Crippen LogP contribution is 2.22. The summed E-state index contributed by atoms with van der Waals surface area (Å²) in [5, 5.41) is 20.1. The van der Waals surface area contributed by atoms with Crippen LogP contribution in [0.4, 0.5) is 0 Å². The van der Waals surface area contributed by atoms with Crippen molar-refractivity contribution in [3.05, 3.63) is 0 Å². The van der Waals surface area contributed by atoms with Crippen LogP contribution >= 0.6 is 34.0 Å². The fourth-order valence-electron chi connectivity index (χ4n) is 0.773. The van der Waals surface area contributed by atoms with Gasteiger partial charge in [0, 0.05) is 11.5 Å². The van der Waals surface area contributed by atoms with Crippen molar-refractivity contribution < 1.29 is 19.8 Å². The van der Waals surface area contributed by atoms with Crippen LogP contribution < -0.4 is 11.1 Å². The molecule has 2 atom stereocenters. The van der Waals surface area contributed by atoms with Gasteiger partial charge in [0.1, 0.15) is 12.1 Å². The molecule has 0 aromatic rings. The van der Waals surface area contributed by atoms with Gasteiger partial charge in [0.15, 0.2) is 0 Å². The topological polar surface area (TPSA) is 113 Å². The Bertz CT molecular complexity index is 246. The zero-order valence-electron chi connectivity index (χ0n) is 9.29. The number of aliphatic carboxylic acids is 2. The van der Waals surface area contributed by atoms with Gasteiger partial charge in [-0.15, -0.1) is 12.4 Å². The number of nitrogens with one attached hydrogen (secondary N) is 1. The fraction of sp³-hybridized carbons (Fsp3) is 0.750. The summed E-state index contributed by atoms with van der Waals surface area (Å²) < 4.78 is 0. The summed E-state index contributed by atoms with van der Waals surface area (Å²) in [6, 6.07) is -1.51. The van der Waals surface area contributed by atoms with Crippen molar-refractivity contribution >= 4 is 45.9 Å². The van der Waals surface area contributed by atoms with Crippen molar-refractivity contribution in [2.75, 3.05) is 18.1 Å². The zero-order valence-corrected chi connectivity index (χ0v) is 11.7. The Kier molecular flexibility index (Phi) is 12.4. The summed E-state index contributed by atoms with van der Waals surface area (Å²) in [5.74, 6) is -1.31. The van der Waals surface area contributed by atoms with Crippen LogP contribution in [0.5, 0.6) is 0 Å². The molecule has 0 fully saturated rings. The molecule has 0 saturated heterocycles. The molecule has 0 aliphatic heterocycles. The molecular weight excluding hydrogens is 288 g/mol. The van der Waals surface area contributed by atoms with Gasteiger partial charge in [0.25, 0.3) is 0 Å². The first-order chi connectivity index (χ1) is 7.49. The average molecular weight is 305 g/mol. The van der Waals surface area contributed by atoms with Gasteiger partial charge in [-0.3, -0.25) is 9.59 Å². The Hall–Kier alpha value is -0.150. The largest absolute Gasteiger partial charge is 0.480 e. The number of nitrogens with two attached hydrogens (primary N) is 1. The van der Waals surface area contributed by atoms with E-state index >= 15 is 0 Å². The SMILES string of the molecule is CCN[C@@H](CSSCC(N)C(=O)O)C(=O)O.Cl. The van der Waals surface area contributed by atoms with Gasteiger partial charge in [0.2, 0.25) is 0 Å². The highest BCUT2D eigenvalue weighted by molar-refractivity contribution is 8.76. The summed E-state index contributed by atoms with van der Waals surface area (Å²) in [6.07, 6.45) is 0. The third kappa shape index (κ3) is 9.54. The van der Waals surface area contributed by atoms with E-state index in [1.807, 2.05) is 6.92 Å². The van der Waals surface area contributed by atoms with Crippen LogP contribution in [0.15, 0.2) is 0 Å². The highest BCUT2D eigenvalue weighted by atomic mass is 35.5. The van der Waals surface area contributed by atoms with Gasteiger partial charge in [-0.05, 0) is 6.54 Å². The Morgan fingerprint density at radius 3 is 2.18 bits per heavy atom. The molecule has 0 spiro atoms. The van der Waals surface area contributed by atoms with E-state index in [9.17, 15) is 9.59 Å². The van der Waals surface area contributed by atoms with Crippen LogP contribution in [-0.4, -0.2) is 52.3 Å². The summed E-state index contributed by atoms with van der Waals surface area (Å²) in [7, 11) is 2.57. The molecule has 17 heavy (non-hydrogen) atoms. The van der Waals surface area contributed by atoms with Gasteiger partial charge in [-0.1, -0.05) is 28.5 Å². The van der Waals surface area contributed by atoms with Crippen molar-refractivity contribution in [3.8, 4) is 0 Å². The first-order valence-corrected chi connectivity index (χ1v) is 7.16. The first kappa shape index (κ1) is 19.2. The molecule has 6 nitrogen and oxygen atoms in total. The maximum atomic E-state index is 10.7. The second-order valence-corrected chi connectivity index (χ2v) is 5.51. The molecule has 0 aliphatic carbocycles. The number of carboxylic acids is 2. The molecule has 9 heteroatoms. The van der Waals surface area contributed by atoms with Crippen LogP contribution in [0.3, 0.4) is 0 Å².